The Balaban J connectivity index is 3.31. The van der Waals surface area contributed by atoms with Crippen molar-refractivity contribution in [1.29, 1.82) is 0 Å². The first-order chi connectivity index (χ1) is 38.0. The van der Waals surface area contributed by atoms with Crippen molar-refractivity contribution in [3.05, 3.63) is 0 Å². The third kappa shape index (κ3) is 63.9. The highest BCUT2D eigenvalue weighted by Crippen LogP contribution is 2.20. The van der Waals surface area contributed by atoms with Gasteiger partial charge in [0.15, 0.2) is 0 Å². The van der Waals surface area contributed by atoms with Crippen molar-refractivity contribution < 1.29 is 24.5 Å². The zero-order valence-electron chi connectivity index (χ0n) is 52.7. The van der Waals surface area contributed by atoms with Crippen molar-refractivity contribution in [3.8, 4) is 0 Å². The van der Waals surface area contributed by atoms with Crippen LogP contribution in [0.4, 0.5) is 0 Å². The highest BCUT2D eigenvalue weighted by atomic mass is 16.5. The Bertz CT molecular complexity index is 1120. The Morgan fingerprint density at radius 2 is 0.532 bits per heavy atom. The lowest BCUT2D eigenvalue weighted by atomic mass is 10.0. The van der Waals surface area contributed by atoms with Gasteiger partial charge in [-0.05, 0) is 25.7 Å². The minimum absolute atomic E-state index is 0.0235. The van der Waals surface area contributed by atoms with Gasteiger partial charge in [-0.1, -0.05) is 380 Å². The molecule has 3 N–H and O–H groups in total. The normalized spacial score (nSPS) is 12.4. The van der Waals surface area contributed by atoms with Gasteiger partial charge in [0.05, 0.1) is 25.4 Å². The van der Waals surface area contributed by atoms with Gasteiger partial charge >= 0.3 is 5.97 Å². The molecule has 0 heterocycles. The number of aliphatic hydroxyl groups excluding tert-OH is 2. The molecule has 0 aromatic heterocycles. The second-order valence-electron chi connectivity index (χ2n) is 24.9. The van der Waals surface area contributed by atoms with Crippen LogP contribution in [0.3, 0.4) is 0 Å². The summed E-state index contributed by atoms with van der Waals surface area (Å²) in [7, 11) is 0. The summed E-state index contributed by atoms with van der Waals surface area (Å²) in [6.07, 6.45) is 81.6. The van der Waals surface area contributed by atoms with E-state index in [1.165, 1.54) is 347 Å². The molecule has 0 aromatic rings. The van der Waals surface area contributed by atoms with E-state index in [0.717, 1.165) is 38.5 Å². The van der Waals surface area contributed by atoms with Gasteiger partial charge in [0.25, 0.3) is 0 Å². The molecule has 460 valence electrons. The standard InChI is InChI=1S/C71H141NO5/c1-3-5-7-9-11-13-15-17-19-20-29-33-37-41-45-49-53-57-61-65-71(76)77-66-62-58-54-50-46-42-38-34-31-28-26-24-22-21-23-25-27-30-32-36-40-44-48-52-56-60-64-70(75)72-68(67-73)69(74)63-59-55-51-47-43-39-35-18-16-14-12-10-8-6-4-2/h68-69,73-74H,3-67H2,1-2H3,(H,72,75). The van der Waals surface area contributed by atoms with Crippen molar-refractivity contribution in [2.24, 2.45) is 0 Å². The number of nitrogens with one attached hydrogen (secondary N) is 1. The van der Waals surface area contributed by atoms with Crippen molar-refractivity contribution in [2.45, 2.75) is 431 Å². The smallest absolute Gasteiger partial charge is 0.305 e. The maximum Gasteiger partial charge on any atom is 0.305 e. The lowest BCUT2D eigenvalue weighted by molar-refractivity contribution is -0.143. The largest absolute Gasteiger partial charge is 0.466 e. The molecule has 0 aliphatic heterocycles. The molecular formula is C71H141NO5. The molecule has 0 spiro atoms. The van der Waals surface area contributed by atoms with Crippen LogP contribution in [-0.4, -0.2) is 47.4 Å². The number of hydrogen-bond acceptors (Lipinski definition) is 5. The van der Waals surface area contributed by atoms with Gasteiger partial charge in [-0.2, -0.15) is 0 Å². The molecule has 0 saturated carbocycles. The second-order valence-corrected chi connectivity index (χ2v) is 24.9. The van der Waals surface area contributed by atoms with E-state index in [1.54, 1.807) is 0 Å². The van der Waals surface area contributed by atoms with Crippen LogP contribution in [0.5, 0.6) is 0 Å². The highest BCUT2D eigenvalue weighted by molar-refractivity contribution is 5.76. The minimum Gasteiger partial charge on any atom is -0.466 e. The molecule has 0 aliphatic rings. The number of esters is 1. The zero-order chi connectivity index (χ0) is 55.7. The molecule has 2 unspecified atom stereocenters. The van der Waals surface area contributed by atoms with Crippen LogP contribution in [0.2, 0.25) is 0 Å². The first-order valence-corrected chi connectivity index (χ1v) is 35.8. The van der Waals surface area contributed by atoms with E-state index in [0.29, 0.717) is 25.9 Å². The molecule has 0 fully saturated rings. The van der Waals surface area contributed by atoms with Crippen LogP contribution in [-0.2, 0) is 14.3 Å². The number of rotatable bonds is 68. The van der Waals surface area contributed by atoms with E-state index in [-0.39, 0.29) is 18.5 Å². The van der Waals surface area contributed by atoms with Crippen molar-refractivity contribution >= 4 is 11.9 Å². The fourth-order valence-corrected chi connectivity index (χ4v) is 11.7. The van der Waals surface area contributed by atoms with Gasteiger partial charge in [-0.15, -0.1) is 0 Å². The summed E-state index contributed by atoms with van der Waals surface area (Å²) < 4.78 is 5.52. The quantitative estimate of drug-likeness (QED) is 0.0417. The van der Waals surface area contributed by atoms with E-state index in [2.05, 4.69) is 19.2 Å². The summed E-state index contributed by atoms with van der Waals surface area (Å²) in [5.41, 5.74) is 0. The monoisotopic (exact) mass is 1090 g/mol. The molecule has 0 saturated heterocycles. The van der Waals surface area contributed by atoms with E-state index in [9.17, 15) is 19.8 Å². The summed E-state index contributed by atoms with van der Waals surface area (Å²) in [5.74, 6) is -0.00540. The summed E-state index contributed by atoms with van der Waals surface area (Å²) in [6.45, 7) is 5.00. The molecular weight excluding hydrogens is 947 g/mol. The lowest BCUT2D eigenvalue weighted by Crippen LogP contribution is -2.45. The molecule has 2 atom stereocenters. The van der Waals surface area contributed by atoms with Crippen LogP contribution < -0.4 is 5.32 Å². The second kappa shape index (κ2) is 67.4. The van der Waals surface area contributed by atoms with Crippen molar-refractivity contribution in [1.82, 2.24) is 5.32 Å². The lowest BCUT2D eigenvalue weighted by Gasteiger charge is -2.22. The van der Waals surface area contributed by atoms with Crippen LogP contribution in [0.1, 0.15) is 418 Å². The van der Waals surface area contributed by atoms with E-state index < -0.39 is 12.1 Å². The molecule has 1 amide bonds. The molecule has 0 rings (SSSR count). The Hall–Kier alpha value is -1.14. The minimum atomic E-state index is -0.661. The number of aliphatic hydroxyl groups is 2. The number of amides is 1. The van der Waals surface area contributed by atoms with E-state index >= 15 is 0 Å². The number of unbranched alkanes of at least 4 members (excludes halogenated alkanes) is 57. The van der Waals surface area contributed by atoms with Crippen LogP contribution in [0.15, 0.2) is 0 Å². The molecule has 0 radical (unpaired) electrons. The van der Waals surface area contributed by atoms with Gasteiger partial charge in [-0.3, -0.25) is 9.59 Å². The van der Waals surface area contributed by atoms with Gasteiger partial charge in [0, 0.05) is 12.8 Å². The summed E-state index contributed by atoms with van der Waals surface area (Å²) in [5, 5.41) is 23.3. The van der Waals surface area contributed by atoms with Gasteiger partial charge < -0.3 is 20.3 Å². The molecule has 0 aromatic carbocycles. The van der Waals surface area contributed by atoms with Crippen LogP contribution in [0, 0.1) is 0 Å². The third-order valence-corrected chi connectivity index (χ3v) is 17.2. The van der Waals surface area contributed by atoms with Gasteiger partial charge in [0.2, 0.25) is 5.91 Å². The third-order valence-electron chi connectivity index (χ3n) is 17.2. The SMILES string of the molecule is CCCCCCCCCCCCCCCCCCCCCC(=O)OCCCCCCCCCCCCCCCCCCCCCCCCCCCCC(=O)NC(CO)C(O)CCCCCCCCCCCCCCCCC. The average Bonchev–Trinajstić information content (AvgIpc) is 3.43. The predicted molar refractivity (Wildman–Crippen MR) is 338 cm³/mol. The maximum absolute atomic E-state index is 12.5. The fourth-order valence-electron chi connectivity index (χ4n) is 11.7. The summed E-state index contributed by atoms with van der Waals surface area (Å²) in [6, 6.07) is -0.538. The Morgan fingerprint density at radius 1 is 0.312 bits per heavy atom. The summed E-state index contributed by atoms with van der Waals surface area (Å²) >= 11 is 0. The highest BCUT2D eigenvalue weighted by Gasteiger charge is 2.20. The fraction of sp³-hybridized carbons (Fsp3) is 0.972. The number of carbonyl (C=O) groups excluding carboxylic acids is 2. The Morgan fingerprint density at radius 3 is 0.792 bits per heavy atom. The van der Waals surface area contributed by atoms with E-state index in [4.69, 9.17) is 4.74 Å². The number of hydrogen-bond donors (Lipinski definition) is 3. The first kappa shape index (κ1) is 75.9. The molecule has 6 nitrogen and oxygen atoms in total. The molecule has 0 aliphatic carbocycles. The Labute approximate surface area is 483 Å². The Kier molecular flexibility index (Phi) is 66.4. The van der Waals surface area contributed by atoms with E-state index in [1.807, 2.05) is 0 Å². The summed E-state index contributed by atoms with van der Waals surface area (Å²) in [4.78, 5) is 24.6. The van der Waals surface area contributed by atoms with Gasteiger partial charge in [-0.25, -0.2) is 0 Å². The number of carbonyl (C=O) groups is 2. The predicted octanol–water partition coefficient (Wildman–Crippen LogP) is 23.0. The maximum atomic E-state index is 12.5. The first-order valence-electron chi connectivity index (χ1n) is 35.8. The van der Waals surface area contributed by atoms with Crippen molar-refractivity contribution in [3.63, 3.8) is 0 Å². The molecule has 0 bridgehead atoms. The van der Waals surface area contributed by atoms with Crippen LogP contribution >= 0.6 is 0 Å². The molecule has 77 heavy (non-hydrogen) atoms. The molecule has 6 heteroatoms. The van der Waals surface area contributed by atoms with Gasteiger partial charge in [0.1, 0.15) is 0 Å². The number of ether oxygens (including phenoxy) is 1. The topological polar surface area (TPSA) is 95.9 Å². The van der Waals surface area contributed by atoms with Crippen LogP contribution in [0.25, 0.3) is 0 Å². The van der Waals surface area contributed by atoms with Crippen molar-refractivity contribution in [2.75, 3.05) is 13.2 Å². The average molecular weight is 1090 g/mol. The zero-order valence-corrected chi connectivity index (χ0v) is 52.7.